The summed E-state index contributed by atoms with van der Waals surface area (Å²) in [5.74, 6) is 0.814. The highest BCUT2D eigenvalue weighted by atomic mass is 35.5. The zero-order chi connectivity index (χ0) is 18.5. The number of hydrogen-bond acceptors (Lipinski definition) is 4. The van der Waals surface area contributed by atoms with Crippen molar-refractivity contribution in [1.29, 1.82) is 0 Å². The Hall–Kier alpha value is -2.37. The molecule has 3 aromatic rings. The molecule has 0 unspecified atom stereocenters. The Kier molecular flexibility index (Phi) is 5.91. The maximum Gasteiger partial charge on any atom is 0.227 e. The van der Waals surface area contributed by atoms with Gasteiger partial charge < -0.3 is 9.84 Å². The minimum atomic E-state index is -0.105. The van der Waals surface area contributed by atoms with Crippen LogP contribution in [0.1, 0.15) is 30.8 Å². The van der Waals surface area contributed by atoms with Gasteiger partial charge in [0.15, 0.2) is 0 Å². The number of carbonyl (C=O) groups excluding carboxylic acids is 1. The normalized spacial score (nSPS) is 12.0. The van der Waals surface area contributed by atoms with Crippen LogP contribution >= 0.6 is 23.2 Å². The van der Waals surface area contributed by atoms with Crippen molar-refractivity contribution in [2.75, 3.05) is 0 Å². The van der Waals surface area contributed by atoms with Gasteiger partial charge in [0.2, 0.25) is 17.6 Å². The molecule has 0 saturated carbocycles. The highest BCUT2D eigenvalue weighted by Crippen LogP contribution is 2.19. The SMILES string of the molecule is C[C@@H](NC(=O)CCc1nc(-c2ccc(Cl)cc2)no1)c1ccc(Cl)cc1. The maximum atomic E-state index is 12.1. The van der Waals surface area contributed by atoms with Crippen LogP contribution in [0.25, 0.3) is 11.4 Å². The van der Waals surface area contributed by atoms with Crippen molar-refractivity contribution < 1.29 is 9.32 Å². The Bertz CT molecular complexity index is 877. The highest BCUT2D eigenvalue weighted by molar-refractivity contribution is 6.30. The lowest BCUT2D eigenvalue weighted by atomic mass is 10.1. The van der Waals surface area contributed by atoms with E-state index in [4.69, 9.17) is 27.7 Å². The lowest BCUT2D eigenvalue weighted by molar-refractivity contribution is -0.121. The van der Waals surface area contributed by atoms with Gasteiger partial charge in [0.05, 0.1) is 6.04 Å². The Morgan fingerprint density at radius 3 is 2.35 bits per heavy atom. The third-order valence-electron chi connectivity index (χ3n) is 3.88. The van der Waals surface area contributed by atoms with Crippen molar-refractivity contribution in [2.45, 2.75) is 25.8 Å². The Balaban J connectivity index is 1.53. The number of benzene rings is 2. The molecule has 7 heteroatoms. The maximum absolute atomic E-state index is 12.1. The number of aromatic nitrogens is 2. The van der Waals surface area contributed by atoms with Gasteiger partial charge in [-0.2, -0.15) is 4.98 Å². The van der Waals surface area contributed by atoms with E-state index in [1.807, 2.05) is 31.2 Å². The minimum absolute atomic E-state index is 0.0845. The fraction of sp³-hybridized carbons (Fsp3) is 0.211. The number of nitrogens with one attached hydrogen (secondary N) is 1. The molecule has 1 amide bonds. The van der Waals surface area contributed by atoms with E-state index in [-0.39, 0.29) is 18.4 Å². The molecule has 0 fully saturated rings. The van der Waals surface area contributed by atoms with Crippen LogP contribution in [0.15, 0.2) is 53.1 Å². The topological polar surface area (TPSA) is 68.0 Å². The number of rotatable bonds is 6. The van der Waals surface area contributed by atoms with Crippen molar-refractivity contribution in [2.24, 2.45) is 0 Å². The fourth-order valence-corrected chi connectivity index (χ4v) is 2.69. The first-order valence-electron chi connectivity index (χ1n) is 8.14. The van der Waals surface area contributed by atoms with Crippen LogP contribution in [-0.4, -0.2) is 16.0 Å². The Morgan fingerprint density at radius 2 is 1.69 bits per heavy atom. The number of nitrogens with zero attached hydrogens (tertiary/aromatic N) is 2. The van der Waals surface area contributed by atoms with Gasteiger partial charge in [-0.15, -0.1) is 0 Å². The molecule has 0 bridgehead atoms. The average Bonchev–Trinajstić information content (AvgIpc) is 3.10. The van der Waals surface area contributed by atoms with Crippen molar-refractivity contribution in [3.05, 3.63) is 70.0 Å². The van der Waals surface area contributed by atoms with E-state index in [9.17, 15) is 4.79 Å². The second-order valence-corrected chi connectivity index (χ2v) is 6.73. The first kappa shape index (κ1) is 18.4. The monoisotopic (exact) mass is 389 g/mol. The third-order valence-corrected chi connectivity index (χ3v) is 4.39. The van der Waals surface area contributed by atoms with Gasteiger partial charge >= 0.3 is 0 Å². The standard InChI is InChI=1S/C19H17Cl2N3O2/c1-12(13-2-6-15(20)7-3-13)22-17(25)10-11-18-23-19(24-26-18)14-4-8-16(21)9-5-14/h2-9,12H,10-11H2,1H3,(H,22,25)/t12-/m1/s1. The van der Waals surface area contributed by atoms with E-state index < -0.39 is 0 Å². The molecule has 2 aromatic carbocycles. The van der Waals surface area contributed by atoms with E-state index in [0.717, 1.165) is 11.1 Å². The number of halogens is 2. The molecule has 3 rings (SSSR count). The van der Waals surface area contributed by atoms with Crippen molar-refractivity contribution >= 4 is 29.1 Å². The predicted octanol–water partition coefficient (Wildman–Crippen LogP) is 4.85. The molecule has 1 heterocycles. The second-order valence-electron chi connectivity index (χ2n) is 5.86. The number of carbonyl (C=O) groups is 1. The molecule has 0 radical (unpaired) electrons. The van der Waals surface area contributed by atoms with Gasteiger partial charge in [0.1, 0.15) is 0 Å². The van der Waals surface area contributed by atoms with Crippen LogP contribution in [0.3, 0.4) is 0 Å². The van der Waals surface area contributed by atoms with Gasteiger partial charge in [-0.1, -0.05) is 40.5 Å². The van der Waals surface area contributed by atoms with Gasteiger partial charge in [0, 0.05) is 28.5 Å². The van der Waals surface area contributed by atoms with E-state index in [1.165, 1.54) is 0 Å². The third kappa shape index (κ3) is 4.84. The van der Waals surface area contributed by atoms with Crippen LogP contribution in [-0.2, 0) is 11.2 Å². The van der Waals surface area contributed by atoms with Crippen LogP contribution in [0.5, 0.6) is 0 Å². The van der Waals surface area contributed by atoms with Crippen molar-refractivity contribution in [1.82, 2.24) is 15.5 Å². The van der Waals surface area contributed by atoms with E-state index >= 15 is 0 Å². The molecule has 134 valence electrons. The molecule has 0 saturated heterocycles. The summed E-state index contributed by atoms with van der Waals surface area (Å²) in [6.07, 6.45) is 0.639. The van der Waals surface area contributed by atoms with Gasteiger partial charge in [-0.3, -0.25) is 4.79 Å². The van der Waals surface area contributed by atoms with Crippen molar-refractivity contribution in [3.8, 4) is 11.4 Å². The molecule has 26 heavy (non-hydrogen) atoms. The van der Waals surface area contributed by atoms with Crippen LogP contribution in [0.2, 0.25) is 10.0 Å². The minimum Gasteiger partial charge on any atom is -0.350 e. The van der Waals surface area contributed by atoms with E-state index in [0.29, 0.717) is 28.2 Å². The highest BCUT2D eigenvalue weighted by Gasteiger charge is 2.13. The van der Waals surface area contributed by atoms with E-state index in [1.54, 1.807) is 24.3 Å². The smallest absolute Gasteiger partial charge is 0.227 e. The summed E-state index contributed by atoms with van der Waals surface area (Å²) in [6, 6.07) is 14.4. The Labute approximate surface area is 161 Å². The Morgan fingerprint density at radius 1 is 1.08 bits per heavy atom. The summed E-state index contributed by atoms with van der Waals surface area (Å²) >= 11 is 11.7. The zero-order valence-corrected chi connectivity index (χ0v) is 15.6. The summed E-state index contributed by atoms with van der Waals surface area (Å²) in [6.45, 7) is 1.92. The molecule has 0 aliphatic heterocycles. The number of aryl methyl sites for hydroxylation is 1. The first-order chi connectivity index (χ1) is 12.5. The molecule has 1 atom stereocenters. The molecule has 0 aliphatic rings. The van der Waals surface area contributed by atoms with Crippen LogP contribution in [0, 0.1) is 0 Å². The largest absolute Gasteiger partial charge is 0.350 e. The summed E-state index contributed by atoms with van der Waals surface area (Å²) in [7, 11) is 0. The van der Waals surface area contributed by atoms with E-state index in [2.05, 4.69) is 15.5 Å². The molecule has 1 aromatic heterocycles. The molecule has 0 spiro atoms. The first-order valence-corrected chi connectivity index (χ1v) is 8.90. The summed E-state index contributed by atoms with van der Waals surface area (Å²) < 4.78 is 5.21. The van der Waals surface area contributed by atoms with Gasteiger partial charge in [-0.05, 0) is 48.9 Å². The second kappa shape index (κ2) is 8.34. The lowest BCUT2D eigenvalue weighted by Gasteiger charge is -2.14. The number of hydrogen-bond donors (Lipinski definition) is 1. The molecule has 1 N–H and O–H groups in total. The number of amides is 1. The van der Waals surface area contributed by atoms with Gasteiger partial charge in [-0.25, -0.2) is 0 Å². The van der Waals surface area contributed by atoms with Crippen LogP contribution < -0.4 is 5.32 Å². The zero-order valence-electron chi connectivity index (χ0n) is 14.1. The lowest BCUT2D eigenvalue weighted by Crippen LogP contribution is -2.26. The summed E-state index contributed by atoms with van der Waals surface area (Å²) in [5, 5.41) is 8.19. The van der Waals surface area contributed by atoms with Gasteiger partial charge in [0.25, 0.3) is 0 Å². The van der Waals surface area contributed by atoms with Crippen LogP contribution in [0.4, 0.5) is 0 Å². The fourth-order valence-electron chi connectivity index (χ4n) is 2.44. The molecular formula is C19H17Cl2N3O2. The summed E-state index contributed by atoms with van der Waals surface area (Å²) in [5.41, 5.74) is 1.80. The molecule has 5 nitrogen and oxygen atoms in total. The quantitative estimate of drug-likeness (QED) is 0.653. The predicted molar refractivity (Wildman–Crippen MR) is 101 cm³/mol. The average molecular weight is 390 g/mol. The summed E-state index contributed by atoms with van der Waals surface area (Å²) in [4.78, 5) is 16.5. The molecule has 0 aliphatic carbocycles. The van der Waals surface area contributed by atoms with Crippen molar-refractivity contribution in [3.63, 3.8) is 0 Å². The molecular weight excluding hydrogens is 373 g/mol.